The molecule has 5 heteroatoms. The van der Waals surface area contributed by atoms with Crippen molar-refractivity contribution in [2.45, 2.75) is 18.0 Å². The normalized spacial score (nSPS) is 46.8. The highest BCUT2D eigenvalue weighted by Crippen LogP contribution is 2.29. The standard InChI is InChI=1S/C5H10O5/c6-1-3-4(8)5(9,2-7)10-3/h3-4,6-9H,1-2H2/t3-,4-,5?/m1/s1. The number of hydrogen-bond acceptors (Lipinski definition) is 5. The number of rotatable bonds is 2. The monoisotopic (exact) mass is 150 g/mol. The Balaban J connectivity index is 2.44. The Labute approximate surface area is 57.5 Å². The van der Waals surface area contributed by atoms with Gasteiger partial charge in [0.05, 0.1) is 13.2 Å². The van der Waals surface area contributed by atoms with E-state index >= 15 is 0 Å². The van der Waals surface area contributed by atoms with E-state index in [9.17, 15) is 0 Å². The number of aliphatic hydroxyl groups excluding tert-OH is 3. The zero-order valence-electron chi connectivity index (χ0n) is 5.27. The van der Waals surface area contributed by atoms with Crippen molar-refractivity contribution in [3.05, 3.63) is 0 Å². The first kappa shape index (κ1) is 7.90. The molecule has 1 unspecified atom stereocenters. The summed E-state index contributed by atoms with van der Waals surface area (Å²) in [5, 5.41) is 34.7. The average Bonchev–Trinajstić information content (AvgIpc) is 1.98. The molecule has 1 aliphatic rings. The summed E-state index contributed by atoms with van der Waals surface area (Å²) in [5.74, 6) is -1.85. The fourth-order valence-corrected chi connectivity index (χ4v) is 0.882. The molecule has 0 aliphatic carbocycles. The van der Waals surface area contributed by atoms with Crippen LogP contribution >= 0.6 is 0 Å². The molecular formula is C5H10O5. The van der Waals surface area contributed by atoms with Gasteiger partial charge in [-0.3, -0.25) is 0 Å². The van der Waals surface area contributed by atoms with Gasteiger partial charge < -0.3 is 25.2 Å². The van der Waals surface area contributed by atoms with E-state index in [1.807, 2.05) is 0 Å². The maximum Gasteiger partial charge on any atom is 0.219 e. The number of hydrogen-bond donors (Lipinski definition) is 4. The average molecular weight is 150 g/mol. The first-order valence-electron chi connectivity index (χ1n) is 2.94. The molecule has 60 valence electrons. The molecule has 0 aromatic rings. The van der Waals surface area contributed by atoms with Gasteiger partial charge in [0.2, 0.25) is 5.79 Å². The molecule has 0 aromatic carbocycles. The van der Waals surface area contributed by atoms with Crippen LogP contribution in [0, 0.1) is 0 Å². The van der Waals surface area contributed by atoms with Gasteiger partial charge >= 0.3 is 0 Å². The van der Waals surface area contributed by atoms with Crippen LogP contribution in [0.4, 0.5) is 0 Å². The van der Waals surface area contributed by atoms with Crippen LogP contribution in [-0.2, 0) is 4.74 Å². The molecule has 0 saturated carbocycles. The van der Waals surface area contributed by atoms with Crippen molar-refractivity contribution in [2.24, 2.45) is 0 Å². The summed E-state index contributed by atoms with van der Waals surface area (Å²) in [6.45, 7) is -1.02. The van der Waals surface area contributed by atoms with Crippen molar-refractivity contribution in [3.63, 3.8) is 0 Å². The first-order chi connectivity index (χ1) is 4.64. The molecule has 10 heavy (non-hydrogen) atoms. The maximum atomic E-state index is 8.96. The summed E-state index contributed by atoms with van der Waals surface area (Å²) in [5.41, 5.74) is 0. The predicted octanol–water partition coefficient (Wildman–Crippen LogP) is -2.58. The quantitative estimate of drug-likeness (QED) is 0.347. The second kappa shape index (κ2) is 2.44. The molecule has 1 aliphatic heterocycles. The highest BCUT2D eigenvalue weighted by Gasteiger charge is 2.53. The molecule has 1 saturated heterocycles. The van der Waals surface area contributed by atoms with Gasteiger partial charge in [-0.1, -0.05) is 0 Å². The summed E-state index contributed by atoms with van der Waals surface area (Å²) < 4.78 is 4.54. The second-order valence-electron chi connectivity index (χ2n) is 2.29. The van der Waals surface area contributed by atoms with Gasteiger partial charge in [0.1, 0.15) is 12.2 Å². The van der Waals surface area contributed by atoms with Gasteiger partial charge in [-0.15, -0.1) is 0 Å². The van der Waals surface area contributed by atoms with Gasteiger partial charge in [-0.05, 0) is 0 Å². The van der Waals surface area contributed by atoms with E-state index in [-0.39, 0.29) is 6.61 Å². The van der Waals surface area contributed by atoms with Gasteiger partial charge in [0, 0.05) is 0 Å². The summed E-state index contributed by atoms with van der Waals surface area (Å²) >= 11 is 0. The van der Waals surface area contributed by atoms with Gasteiger partial charge in [0.25, 0.3) is 0 Å². The Kier molecular flexibility index (Phi) is 1.93. The molecule has 0 amide bonds. The van der Waals surface area contributed by atoms with Crippen molar-refractivity contribution >= 4 is 0 Å². The summed E-state index contributed by atoms with van der Waals surface area (Å²) in [6, 6.07) is 0. The van der Waals surface area contributed by atoms with Gasteiger partial charge in [0.15, 0.2) is 0 Å². The van der Waals surface area contributed by atoms with Gasteiger partial charge in [-0.25, -0.2) is 0 Å². The number of ether oxygens (including phenoxy) is 1. The third-order valence-electron chi connectivity index (χ3n) is 1.58. The zero-order valence-corrected chi connectivity index (χ0v) is 5.27. The van der Waals surface area contributed by atoms with E-state index in [0.717, 1.165) is 0 Å². The Hall–Kier alpha value is -0.200. The molecule has 0 spiro atoms. The van der Waals surface area contributed by atoms with E-state index in [2.05, 4.69) is 4.74 Å². The van der Waals surface area contributed by atoms with E-state index in [0.29, 0.717) is 0 Å². The molecule has 1 fully saturated rings. The fourth-order valence-electron chi connectivity index (χ4n) is 0.882. The largest absolute Gasteiger partial charge is 0.394 e. The molecular weight excluding hydrogens is 140 g/mol. The van der Waals surface area contributed by atoms with Crippen molar-refractivity contribution < 1.29 is 25.2 Å². The lowest BCUT2D eigenvalue weighted by Crippen LogP contribution is -2.67. The Morgan fingerprint density at radius 2 is 2.00 bits per heavy atom. The maximum absolute atomic E-state index is 8.96. The molecule has 0 radical (unpaired) electrons. The van der Waals surface area contributed by atoms with Crippen LogP contribution in [0.15, 0.2) is 0 Å². The Morgan fingerprint density at radius 3 is 2.30 bits per heavy atom. The zero-order chi connectivity index (χ0) is 7.78. The molecule has 0 bridgehead atoms. The van der Waals surface area contributed by atoms with Crippen LogP contribution in [0.25, 0.3) is 0 Å². The van der Waals surface area contributed by atoms with Crippen molar-refractivity contribution in [2.75, 3.05) is 13.2 Å². The van der Waals surface area contributed by atoms with Crippen LogP contribution in [0.5, 0.6) is 0 Å². The minimum absolute atomic E-state index is 0.358. The fraction of sp³-hybridized carbons (Fsp3) is 1.00. The first-order valence-corrected chi connectivity index (χ1v) is 2.94. The minimum atomic E-state index is -1.85. The molecule has 1 rings (SSSR count). The smallest absolute Gasteiger partial charge is 0.219 e. The van der Waals surface area contributed by atoms with E-state index in [1.165, 1.54) is 0 Å². The second-order valence-corrected chi connectivity index (χ2v) is 2.29. The molecule has 3 atom stereocenters. The molecule has 1 heterocycles. The lowest BCUT2D eigenvalue weighted by Gasteiger charge is -2.46. The highest BCUT2D eigenvalue weighted by molar-refractivity contribution is 4.93. The van der Waals surface area contributed by atoms with Crippen LogP contribution in [0.1, 0.15) is 0 Å². The number of aliphatic hydroxyl groups is 4. The third kappa shape index (κ3) is 0.920. The van der Waals surface area contributed by atoms with Crippen molar-refractivity contribution in [1.82, 2.24) is 0 Å². The summed E-state index contributed by atoms with van der Waals surface area (Å²) in [4.78, 5) is 0. The topological polar surface area (TPSA) is 90.2 Å². The molecule has 4 N–H and O–H groups in total. The lowest BCUT2D eigenvalue weighted by atomic mass is 9.98. The lowest BCUT2D eigenvalue weighted by molar-refractivity contribution is -0.396. The van der Waals surface area contributed by atoms with Crippen molar-refractivity contribution in [1.29, 1.82) is 0 Å². The third-order valence-corrected chi connectivity index (χ3v) is 1.58. The van der Waals surface area contributed by atoms with Gasteiger partial charge in [-0.2, -0.15) is 0 Å². The van der Waals surface area contributed by atoms with Crippen LogP contribution in [-0.4, -0.2) is 51.6 Å². The Morgan fingerprint density at radius 1 is 1.40 bits per heavy atom. The molecule has 0 aromatic heterocycles. The van der Waals surface area contributed by atoms with Crippen LogP contribution in [0.2, 0.25) is 0 Å². The summed E-state index contributed by atoms with van der Waals surface area (Å²) in [7, 11) is 0. The van der Waals surface area contributed by atoms with Crippen LogP contribution in [0.3, 0.4) is 0 Å². The van der Waals surface area contributed by atoms with Crippen LogP contribution < -0.4 is 0 Å². The molecule has 5 nitrogen and oxygen atoms in total. The van der Waals surface area contributed by atoms with Crippen molar-refractivity contribution in [3.8, 4) is 0 Å². The highest BCUT2D eigenvalue weighted by atomic mass is 16.7. The van der Waals surface area contributed by atoms with E-state index < -0.39 is 24.6 Å². The predicted molar refractivity (Wildman–Crippen MR) is 30.0 cm³/mol. The van der Waals surface area contributed by atoms with E-state index in [4.69, 9.17) is 20.4 Å². The Bertz CT molecular complexity index is 127. The minimum Gasteiger partial charge on any atom is -0.394 e. The SMILES string of the molecule is OC[C@H]1OC(O)(CO)[C@@H]1O. The summed E-state index contributed by atoms with van der Waals surface area (Å²) in [6.07, 6.45) is -1.96. The van der Waals surface area contributed by atoms with E-state index in [1.54, 1.807) is 0 Å².